The molecular formula is C25H25N3O2. The summed E-state index contributed by atoms with van der Waals surface area (Å²) in [6.07, 6.45) is 1.49. The third kappa shape index (κ3) is 4.75. The van der Waals surface area contributed by atoms with Gasteiger partial charge in [-0.15, -0.1) is 0 Å². The van der Waals surface area contributed by atoms with Gasteiger partial charge in [-0.3, -0.25) is 4.79 Å². The molecule has 0 radical (unpaired) electrons. The van der Waals surface area contributed by atoms with Crippen LogP contribution in [-0.4, -0.2) is 18.7 Å². The molecule has 1 amide bonds. The lowest BCUT2D eigenvalue weighted by Crippen LogP contribution is -2.36. The summed E-state index contributed by atoms with van der Waals surface area (Å²) in [6, 6.07) is 28.0. The number of hydrogen-bond donors (Lipinski definition) is 2. The van der Waals surface area contributed by atoms with Crippen molar-refractivity contribution in [2.75, 3.05) is 7.11 Å². The number of nitrogens with one attached hydrogen (secondary N) is 2. The maximum atomic E-state index is 12.5. The minimum absolute atomic E-state index is 0.141. The quantitative estimate of drug-likeness (QED) is 0.614. The van der Waals surface area contributed by atoms with Gasteiger partial charge in [-0.25, -0.2) is 5.43 Å². The monoisotopic (exact) mass is 399 g/mol. The smallest absolute Gasteiger partial charge is 0.271 e. The lowest BCUT2D eigenvalue weighted by atomic mass is 9.89. The topological polar surface area (TPSA) is 62.7 Å². The molecular weight excluding hydrogens is 374 g/mol. The van der Waals surface area contributed by atoms with Crippen molar-refractivity contribution in [3.63, 3.8) is 0 Å². The molecule has 0 spiro atoms. The van der Waals surface area contributed by atoms with E-state index < -0.39 is 0 Å². The Hall–Kier alpha value is -3.44. The maximum absolute atomic E-state index is 12.5. The van der Waals surface area contributed by atoms with E-state index in [1.54, 1.807) is 31.4 Å². The SMILES string of the molecule is COc1ccc(C(=O)NN=C2CC(c3ccccc3)NC(c3ccccc3)C2)cc1. The van der Waals surface area contributed by atoms with E-state index in [9.17, 15) is 4.79 Å². The van der Waals surface area contributed by atoms with Gasteiger partial charge in [0.1, 0.15) is 5.75 Å². The fourth-order valence-electron chi connectivity index (χ4n) is 3.74. The number of hydrazone groups is 1. The average molecular weight is 399 g/mol. The molecule has 152 valence electrons. The average Bonchev–Trinajstić information content (AvgIpc) is 2.83. The van der Waals surface area contributed by atoms with Gasteiger partial charge in [-0.05, 0) is 35.4 Å². The molecule has 3 aromatic carbocycles. The maximum Gasteiger partial charge on any atom is 0.271 e. The van der Waals surface area contributed by atoms with Gasteiger partial charge in [0.2, 0.25) is 0 Å². The summed E-state index contributed by atoms with van der Waals surface area (Å²) < 4.78 is 5.15. The van der Waals surface area contributed by atoms with E-state index >= 15 is 0 Å². The van der Waals surface area contributed by atoms with E-state index in [0.717, 1.165) is 18.6 Å². The van der Waals surface area contributed by atoms with Crippen molar-refractivity contribution in [3.8, 4) is 5.75 Å². The van der Waals surface area contributed by atoms with E-state index in [1.807, 2.05) is 36.4 Å². The minimum atomic E-state index is -0.226. The van der Waals surface area contributed by atoms with E-state index in [-0.39, 0.29) is 18.0 Å². The molecule has 30 heavy (non-hydrogen) atoms. The molecule has 0 saturated carbocycles. The Kier molecular flexibility index (Phi) is 6.20. The van der Waals surface area contributed by atoms with Crippen molar-refractivity contribution >= 4 is 11.6 Å². The molecule has 2 unspecified atom stereocenters. The molecule has 5 nitrogen and oxygen atoms in total. The minimum Gasteiger partial charge on any atom is -0.497 e. The third-order valence-corrected chi connectivity index (χ3v) is 5.35. The summed E-state index contributed by atoms with van der Waals surface area (Å²) >= 11 is 0. The number of hydrogen-bond acceptors (Lipinski definition) is 4. The number of carbonyl (C=O) groups excluding carboxylic acids is 1. The fraction of sp³-hybridized carbons (Fsp3) is 0.200. The van der Waals surface area contributed by atoms with Gasteiger partial charge in [0.25, 0.3) is 5.91 Å². The molecule has 0 aromatic heterocycles. The summed E-state index contributed by atoms with van der Waals surface area (Å²) in [4.78, 5) is 12.5. The molecule has 1 aliphatic heterocycles. The number of carbonyl (C=O) groups is 1. The summed E-state index contributed by atoms with van der Waals surface area (Å²) in [5, 5.41) is 8.24. The number of benzene rings is 3. The number of methoxy groups -OCH3 is 1. The summed E-state index contributed by atoms with van der Waals surface area (Å²) in [7, 11) is 1.60. The van der Waals surface area contributed by atoms with Crippen molar-refractivity contribution < 1.29 is 9.53 Å². The predicted molar refractivity (Wildman–Crippen MR) is 119 cm³/mol. The highest BCUT2D eigenvalue weighted by atomic mass is 16.5. The van der Waals surface area contributed by atoms with Crippen LogP contribution in [0, 0.1) is 0 Å². The molecule has 3 aromatic rings. The molecule has 1 saturated heterocycles. The Labute approximate surface area is 176 Å². The molecule has 2 atom stereocenters. The second kappa shape index (κ2) is 9.37. The van der Waals surface area contributed by atoms with Crippen molar-refractivity contribution in [2.24, 2.45) is 5.10 Å². The van der Waals surface area contributed by atoms with Crippen LogP contribution in [0.25, 0.3) is 0 Å². The highest BCUT2D eigenvalue weighted by Crippen LogP contribution is 2.31. The van der Waals surface area contributed by atoms with Crippen molar-refractivity contribution in [2.45, 2.75) is 24.9 Å². The van der Waals surface area contributed by atoms with E-state index in [0.29, 0.717) is 11.3 Å². The second-order valence-corrected chi connectivity index (χ2v) is 7.35. The number of amides is 1. The van der Waals surface area contributed by atoms with Gasteiger partial charge in [-0.2, -0.15) is 5.10 Å². The largest absolute Gasteiger partial charge is 0.497 e. The van der Waals surface area contributed by atoms with Crippen molar-refractivity contribution in [3.05, 3.63) is 102 Å². The Bertz CT molecular complexity index is 952. The lowest BCUT2D eigenvalue weighted by Gasteiger charge is -2.32. The lowest BCUT2D eigenvalue weighted by molar-refractivity contribution is 0.0954. The highest BCUT2D eigenvalue weighted by molar-refractivity contribution is 5.95. The van der Waals surface area contributed by atoms with Crippen LogP contribution in [0.15, 0.2) is 90.0 Å². The fourth-order valence-corrected chi connectivity index (χ4v) is 3.74. The predicted octanol–water partition coefficient (Wildman–Crippen LogP) is 4.65. The summed E-state index contributed by atoms with van der Waals surface area (Å²) in [6.45, 7) is 0. The summed E-state index contributed by atoms with van der Waals surface area (Å²) in [5.41, 5.74) is 6.68. The first-order valence-electron chi connectivity index (χ1n) is 10.1. The zero-order valence-electron chi connectivity index (χ0n) is 16.9. The Morgan fingerprint density at radius 2 is 1.40 bits per heavy atom. The first-order valence-corrected chi connectivity index (χ1v) is 10.1. The van der Waals surface area contributed by atoms with Gasteiger partial charge in [0.15, 0.2) is 0 Å². The first kappa shape index (κ1) is 19.9. The zero-order valence-corrected chi connectivity index (χ0v) is 16.9. The van der Waals surface area contributed by atoms with Gasteiger partial charge < -0.3 is 10.1 Å². The van der Waals surface area contributed by atoms with Crippen molar-refractivity contribution in [1.82, 2.24) is 10.7 Å². The Morgan fingerprint density at radius 1 is 0.867 bits per heavy atom. The first-order chi connectivity index (χ1) is 14.7. The number of piperidine rings is 1. The second-order valence-electron chi connectivity index (χ2n) is 7.35. The van der Waals surface area contributed by atoms with Crippen LogP contribution in [0.3, 0.4) is 0 Å². The van der Waals surface area contributed by atoms with Crippen LogP contribution < -0.4 is 15.5 Å². The van der Waals surface area contributed by atoms with Gasteiger partial charge in [0, 0.05) is 36.2 Å². The van der Waals surface area contributed by atoms with Crippen LogP contribution in [0.5, 0.6) is 5.75 Å². The van der Waals surface area contributed by atoms with Crippen LogP contribution in [0.2, 0.25) is 0 Å². The molecule has 0 aliphatic carbocycles. The highest BCUT2D eigenvalue weighted by Gasteiger charge is 2.27. The van der Waals surface area contributed by atoms with Gasteiger partial charge in [-0.1, -0.05) is 60.7 Å². The molecule has 2 N–H and O–H groups in total. The van der Waals surface area contributed by atoms with Gasteiger partial charge >= 0.3 is 0 Å². The van der Waals surface area contributed by atoms with E-state index in [2.05, 4.69) is 40.1 Å². The number of nitrogens with zero attached hydrogens (tertiary/aromatic N) is 1. The molecule has 0 bridgehead atoms. The Balaban J connectivity index is 1.53. The number of rotatable bonds is 5. The summed E-state index contributed by atoms with van der Waals surface area (Å²) in [5.74, 6) is 0.490. The van der Waals surface area contributed by atoms with E-state index in [1.165, 1.54) is 11.1 Å². The molecule has 1 aliphatic rings. The zero-order chi connectivity index (χ0) is 20.8. The van der Waals surface area contributed by atoms with Crippen LogP contribution in [0.1, 0.15) is 46.4 Å². The number of ether oxygens (including phenoxy) is 1. The normalized spacial score (nSPS) is 18.5. The van der Waals surface area contributed by atoms with Crippen LogP contribution >= 0.6 is 0 Å². The molecule has 4 rings (SSSR count). The van der Waals surface area contributed by atoms with Gasteiger partial charge in [0.05, 0.1) is 7.11 Å². The molecule has 1 heterocycles. The Morgan fingerprint density at radius 3 is 1.90 bits per heavy atom. The molecule has 1 fully saturated rings. The molecule has 5 heteroatoms. The standard InChI is InChI=1S/C25H25N3O2/c1-30-22-14-12-20(13-15-22)25(29)28-27-21-16-23(18-8-4-2-5-9-18)26-24(17-21)19-10-6-3-7-11-19/h2-15,23-24,26H,16-17H2,1H3,(H,28,29). The van der Waals surface area contributed by atoms with E-state index in [4.69, 9.17) is 4.74 Å². The van der Waals surface area contributed by atoms with Crippen LogP contribution in [-0.2, 0) is 0 Å². The third-order valence-electron chi connectivity index (χ3n) is 5.35. The van der Waals surface area contributed by atoms with Crippen molar-refractivity contribution in [1.29, 1.82) is 0 Å². The van der Waals surface area contributed by atoms with Crippen LogP contribution in [0.4, 0.5) is 0 Å².